The van der Waals surface area contributed by atoms with Crippen molar-refractivity contribution in [1.82, 2.24) is 0 Å². The third kappa shape index (κ3) is 4.16. The summed E-state index contributed by atoms with van der Waals surface area (Å²) in [6.07, 6.45) is 5.00. The molecule has 0 fully saturated rings. The van der Waals surface area contributed by atoms with Gasteiger partial charge in [0.05, 0.1) is 9.95 Å². The predicted molar refractivity (Wildman–Crippen MR) is 88.7 cm³/mol. The molecule has 0 saturated carbocycles. The molecular formula is C16H9Cl2NO5. The van der Waals surface area contributed by atoms with Crippen molar-refractivity contribution in [2.24, 2.45) is 0 Å². The topological polar surface area (TPSA) is 78.7 Å². The lowest BCUT2D eigenvalue weighted by atomic mass is 10.1. The number of carbonyl (C=O) groups excluding carboxylic acids is 1. The number of nitrogens with zero attached hydrogens (tertiary/aromatic N) is 1. The van der Waals surface area contributed by atoms with E-state index in [2.05, 4.69) is 5.92 Å². The van der Waals surface area contributed by atoms with Crippen LogP contribution in [-0.2, 0) is 4.74 Å². The van der Waals surface area contributed by atoms with E-state index in [1.54, 1.807) is 6.07 Å². The minimum Gasteiger partial charge on any atom is -0.456 e. The number of esters is 1. The number of hydrogen-bond acceptors (Lipinski definition) is 5. The quantitative estimate of drug-likeness (QED) is 0.337. The van der Waals surface area contributed by atoms with Crippen LogP contribution in [0.4, 0.5) is 5.69 Å². The van der Waals surface area contributed by atoms with Gasteiger partial charge in [0, 0.05) is 17.2 Å². The van der Waals surface area contributed by atoms with Crippen LogP contribution in [0.25, 0.3) is 0 Å². The van der Waals surface area contributed by atoms with Crippen molar-refractivity contribution in [2.45, 2.75) is 0 Å². The lowest BCUT2D eigenvalue weighted by Gasteiger charge is -2.09. The van der Waals surface area contributed by atoms with Gasteiger partial charge in [0.25, 0.3) is 5.69 Å². The molecule has 0 unspecified atom stereocenters. The number of terminal acetylenes is 1. The molecule has 0 aliphatic rings. The van der Waals surface area contributed by atoms with Gasteiger partial charge in [0.1, 0.15) is 17.1 Å². The molecule has 6 nitrogen and oxygen atoms in total. The normalized spacial score (nSPS) is 9.88. The van der Waals surface area contributed by atoms with Crippen LogP contribution in [-0.4, -0.2) is 17.5 Å². The SMILES string of the molecule is C#CCOC(=O)c1cc(Oc2ccc(Cl)cc2Cl)ccc1[N+](=O)[O-]. The molecule has 0 atom stereocenters. The monoisotopic (exact) mass is 365 g/mol. The van der Waals surface area contributed by atoms with Gasteiger partial charge in [-0.1, -0.05) is 29.1 Å². The zero-order chi connectivity index (χ0) is 17.7. The number of ether oxygens (including phenoxy) is 2. The van der Waals surface area contributed by atoms with Gasteiger partial charge in [-0.2, -0.15) is 0 Å². The molecule has 0 spiro atoms. The molecule has 0 heterocycles. The summed E-state index contributed by atoms with van der Waals surface area (Å²) in [6.45, 7) is -0.302. The van der Waals surface area contributed by atoms with Gasteiger partial charge < -0.3 is 9.47 Å². The van der Waals surface area contributed by atoms with E-state index in [1.807, 2.05) is 0 Å². The van der Waals surface area contributed by atoms with Crippen LogP contribution in [0, 0.1) is 22.5 Å². The Balaban J connectivity index is 2.36. The Morgan fingerprint density at radius 1 is 1.25 bits per heavy atom. The molecule has 0 saturated heterocycles. The maximum absolute atomic E-state index is 11.9. The Hall–Kier alpha value is -2.75. The molecule has 0 N–H and O–H groups in total. The molecule has 2 rings (SSSR count). The first-order valence-electron chi connectivity index (χ1n) is 6.44. The molecule has 0 aliphatic heterocycles. The number of hydrogen-bond donors (Lipinski definition) is 0. The van der Waals surface area contributed by atoms with Crippen molar-refractivity contribution in [2.75, 3.05) is 6.61 Å². The Bertz CT molecular complexity index is 845. The van der Waals surface area contributed by atoms with E-state index in [1.165, 1.54) is 24.3 Å². The number of carbonyl (C=O) groups is 1. The number of nitro groups is 1. The summed E-state index contributed by atoms with van der Waals surface area (Å²) in [5.41, 5.74) is -0.704. The number of rotatable bonds is 5. The van der Waals surface area contributed by atoms with Crippen LogP contribution in [0.1, 0.15) is 10.4 Å². The van der Waals surface area contributed by atoms with E-state index >= 15 is 0 Å². The van der Waals surface area contributed by atoms with Gasteiger partial charge >= 0.3 is 5.97 Å². The molecule has 24 heavy (non-hydrogen) atoms. The van der Waals surface area contributed by atoms with Crippen molar-refractivity contribution >= 4 is 34.9 Å². The van der Waals surface area contributed by atoms with Crippen LogP contribution in [0.5, 0.6) is 11.5 Å². The van der Waals surface area contributed by atoms with Crippen molar-refractivity contribution in [3.8, 4) is 23.8 Å². The fraction of sp³-hybridized carbons (Fsp3) is 0.0625. The van der Waals surface area contributed by atoms with Crippen molar-refractivity contribution < 1.29 is 19.2 Å². The van der Waals surface area contributed by atoms with Crippen LogP contribution < -0.4 is 4.74 Å². The molecule has 8 heteroatoms. The van der Waals surface area contributed by atoms with Gasteiger partial charge in [0.2, 0.25) is 0 Å². The first-order chi connectivity index (χ1) is 11.4. The summed E-state index contributed by atoms with van der Waals surface area (Å²) in [5.74, 6) is 1.63. The van der Waals surface area contributed by atoms with Gasteiger partial charge in [-0.25, -0.2) is 4.79 Å². The molecular weight excluding hydrogens is 357 g/mol. The lowest BCUT2D eigenvalue weighted by Crippen LogP contribution is -2.08. The van der Waals surface area contributed by atoms with E-state index < -0.39 is 16.6 Å². The second-order valence-corrected chi connectivity index (χ2v) is 5.24. The van der Waals surface area contributed by atoms with E-state index in [9.17, 15) is 14.9 Å². The van der Waals surface area contributed by atoms with Gasteiger partial charge in [-0.15, -0.1) is 6.42 Å². The standard InChI is InChI=1S/C16H9Cl2NO5/c1-2-7-23-16(20)12-9-11(4-5-14(12)19(21)22)24-15-6-3-10(17)8-13(15)18/h1,3-6,8-9H,7H2. The summed E-state index contributed by atoms with van der Waals surface area (Å²) in [7, 11) is 0. The summed E-state index contributed by atoms with van der Waals surface area (Å²) in [5, 5.41) is 11.7. The van der Waals surface area contributed by atoms with Crippen molar-refractivity contribution in [3.05, 3.63) is 62.1 Å². The molecule has 2 aromatic rings. The second-order valence-electron chi connectivity index (χ2n) is 4.39. The van der Waals surface area contributed by atoms with E-state index in [0.717, 1.165) is 6.07 Å². The van der Waals surface area contributed by atoms with Crippen LogP contribution in [0.2, 0.25) is 10.0 Å². The summed E-state index contributed by atoms with van der Waals surface area (Å²) >= 11 is 11.8. The van der Waals surface area contributed by atoms with Gasteiger partial charge in [0.15, 0.2) is 6.61 Å². The van der Waals surface area contributed by atoms with Crippen molar-refractivity contribution in [1.29, 1.82) is 0 Å². The number of nitro benzene ring substituents is 1. The van der Waals surface area contributed by atoms with E-state index in [-0.39, 0.29) is 28.7 Å². The minimum atomic E-state index is -0.924. The molecule has 0 radical (unpaired) electrons. The Morgan fingerprint density at radius 2 is 2.00 bits per heavy atom. The van der Waals surface area contributed by atoms with Crippen LogP contribution >= 0.6 is 23.2 Å². The number of halogens is 2. The first kappa shape index (κ1) is 17.6. The Morgan fingerprint density at radius 3 is 2.62 bits per heavy atom. The zero-order valence-electron chi connectivity index (χ0n) is 12.0. The molecule has 0 amide bonds. The fourth-order valence-electron chi connectivity index (χ4n) is 1.77. The maximum Gasteiger partial charge on any atom is 0.346 e. The van der Waals surface area contributed by atoms with Crippen LogP contribution in [0.3, 0.4) is 0 Å². The molecule has 0 aromatic heterocycles. The average Bonchev–Trinajstić information content (AvgIpc) is 2.55. The second kappa shape index (κ2) is 7.68. The molecule has 0 bridgehead atoms. The Labute approximate surface area is 147 Å². The average molecular weight is 366 g/mol. The number of benzene rings is 2. The minimum absolute atomic E-state index is 0.164. The van der Waals surface area contributed by atoms with Crippen LogP contribution in [0.15, 0.2) is 36.4 Å². The van der Waals surface area contributed by atoms with E-state index in [0.29, 0.717) is 5.02 Å². The van der Waals surface area contributed by atoms with Crippen molar-refractivity contribution in [3.63, 3.8) is 0 Å². The summed E-state index contributed by atoms with van der Waals surface area (Å²) < 4.78 is 10.3. The van der Waals surface area contributed by atoms with Gasteiger partial charge in [-0.05, 0) is 24.3 Å². The summed E-state index contributed by atoms with van der Waals surface area (Å²) in [4.78, 5) is 22.3. The maximum atomic E-state index is 11.9. The lowest BCUT2D eigenvalue weighted by molar-refractivity contribution is -0.385. The highest BCUT2D eigenvalue weighted by atomic mass is 35.5. The first-order valence-corrected chi connectivity index (χ1v) is 7.20. The highest BCUT2D eigenvalue weighted by Crippen LogP contribution is 2.33. The third-order valence-electron chi connectivity index (χ3n) is 2.79. The smallest absolute Gasteiger partial charge is 0.346 e. The summed E-state index contributed by atoms with van der Waals surface area (Å²) in [6, 6.07) is 8.22. The van der Waals surface area contributed by atoms with E-state index in [4.69, 9.17) is 39.1 Å². The predicted octanol–water partition coefficient (Wildman–Crippen LogP) is 4.48. The Kier molecular flexibility index (Phi) is 5.64. The molecule has 2 aromatic carbocycles. The third-order valence-corrected chi connectivity index (χ3v) is 3.32. The fourth-order valence-corrected chi connectivity index (χ4v) is 2.22. The molecule has 122 valence electrons. The largest absolute Gasteiger partial charge is 0.456 e. The zero-order valence-corrected chi connectivity index (χ0v) is 13.5. The molecule has 0 aliphatic carbocycles. The highest BCUT2D eigenvalue weighted by Gasteiger charge is 2.22. The van der Waals surface area contributed by atoms with Gasteiger partial charge in [-0.3, -0.25) is 10.1 Å². The highest BCUT2D eigenvalue weighted by molar-refractivity contribution is 6.35.